The third-order valence-electron chi connectivity index (χ3n) is 5.58. The molecule has 2 atom stereocenters. The molecule has 0 unspecified atom stereocenters. The molecule has 6 nitrogen and oxygen atoms in total. The Morgan fingerprint density at radius 3 is 2.62 bits per heavy atom. The first kappa shape index (κ1) is 18.9. The van der Waals surface area contributed by atoms with E-state index in [-0.39, 0.29) is 12.5 Å². The van der Waals surface area contributed by atoms with Crippen molar-refractivity contribution >= 4 is 5.91 Å². The molecule has 2 rings (SSSR count). The number of carbonyl (C=O) groups excluding carboxylic acids is 1. The first-order chi connectivity index (χ1) is 11.3. The molecule has 24 heavy (non-hydrogen) atoms. The number of aryl methyl sites for hydroxylation is 2. The van der Waals surface area contributed by atoms with Crippen molar-refractivity contribution < 1.29 is 15.0 Å². The lowest BCUT2D eigenvalue weighted by atomic mass is 9.74. The number of rotatable bonds is 6. The summed E-state index contributed by atoms with van der Waals surface area (Å²) in [5, 5.41) is 24.6. The topological polar surface area (TPSA) is 78.6 Å². The van der Waals surface area contributed by atoms with Crippen LogP contribution in [0.15, 0.2) is 0 Å². The van der Waals surface area contributed by atoms with Crippen molar-refractivity contribution in [1.29, 1.82) is 0 Å². The van der Waals surface area contributed by atoms with E-state index in [0.29, 0.717) is 32.5 Å². The Balaban J connectivity index is 2.00. The van der Waals surface area contributed by atoms with E-state index in [1.54, 1.807) is 4.90 Å². The number of amides is 1. The molecule has 1 aromatic rings. The van der Waals surface area contributed by atoms with E-state index in [2.05, 4.69) is 5.10 Å². The molecule has 1 fully saturated rings. The molecular weight excluding hydrogens is 306 g/mol. The van der Waals surface area contributed by atoms with Crippen LogP contribution in [0.3, 0.4) is 0 Å². The second-order valence-corrected chi connectivity index (χ2v) is 7.16. The van der Waals surface area contributed by atoms with Gasteiger partial charge in [-0.2, -0.15) is 5.10 Å². The molecule has 0 aromatic carbocycles. The molecule has 1 aliphatic heterocycles. The first-order valence-corrected chi connectivity index (χ1v) is 8.92. The molecule has 0 bridgehead atoms. The van der Waals surface area contributed by atoms with E-state index in [4.69, 9.17) is 0 Å². The van der Waals surface area contributed by atoms with E-state index in [1.807, 2.05) is 32.4 Å². The van der Waals surface area contributed by atoms with Gasteiger partial charge in [0.05, 0.1) is 18.4 Å². The van der Waals surface area contributed by atoms with Gasteiger partial charge in [-0.05, 0) is 39.2 Å². The van der Waals surface area contributed by atoms with Crippen LogP contribution in [-0.4, -0.2) is 56.6 Å². The number of hydrogen-bond acceptors (Lipinski definition) is 4. The lowest BCUT2D eigenvalue weighted by Crippen LogP contribution is -2.55. The maximum absolute atomic E-state index is 12.6. The number of hydrogen-bond donors (Lipinski definition) is 2. The van der Waals surface area contributed by atoms with E-state index in [1.165, 1.54) is 5.56 Å². The summed E-state index contributed by atoms with van der Waals surface area (Å²) in [4.78, 5) is 14.4. The van der Waals surface area contributed by atoms with Crippen LogP contribution in [-0.2, 0) is 11.3 Å². The number of aliphatic hydroxyl groups is 2. The Morgan fingerprint density at radius 2 is 2.08 bits per heavy atom. The van der Waals surface area contributed by atoms with Gasteiger partial charge in [-0.3, -0.25) is 9.48 Å². The molecule has 0 radical (unpaired) electrons. The monoisotopic (exact) mass is 337 g/mol. The number of likely N-dealkylation sites (tertiary alicyclic amines) is 1. The Labute approximate surface area is 144 Å². The van der Waals surface area contributed by atoms with Crippen molar-refractivity contribution in [2.24, 2.45) is 5.41 Å². The fourth-order valence-corrected chi connectivity index (χ4v) is 3.70. The largest absolute Gasteiger partial charge is 0.396 e. The predicted octanol–water partition coefficient (Wildman–Crippen LogP) is 1.57. The summed E-state index contributed by atoms with van der Waals surface area (Å²) < 4.78 is 1.90. The second kappa shape index (κ2) is 7.66. The summed E-state index contributed by atoms with van der Waals surface area (Å²) >= 11 is 0. The molecule has 1 aromatic heterocycles. The Kier molecular flexibility index (Phi) is 6.04. The van der Waals surface area contributed by atoms with Gasteiger partial charge >= 0.3 is 0 Å². The lowest BCUT2D eigenvalue weighted by molar-refractivity contribution is -0.142. The fourth-order valence-electron chi connectivity index (χ4n) is 3.70. The summed E-state index contributed by atoms with van der Waals surface area (Å²) in [6.45, 7) is 9.57. The first-order valence-electron chi connectivity index (χ1n) is 8.92. The molecule has 0 spiro atoms. The summed E-state index contributed by atoms with van der Waals surface area (Å²) in [6.07, 6.45) is 2.00. The van der Waals surface area contributed by atoms with E-state index < -0.39 is 11.5 Å². The molecule has 1 amide bonds. The minimum absolute atomic E-state index is 0.0704. The van der Waals surface area contributed by atoms with Crippen molar-refractivity contribution in [2.45, 2.75) is 66.0 Å². The third kappa shape index (κ3) is 3.64. The van der Waals surface area contributed by atoms with Crippen LogP contribution in [0.2, 0.25) is 0 Å². The average molecular weight is 337 g/mol. The molecule has 2 N–H and O–H groups in total. The van der Waals surface area contributed by atoms with Crippen LogP contribution in [0, 0.1) is 26.2 Å². The molecule has 2 heterocycles. The van der Waals surface area contributed by atoms with Crippen LogP contribution in [0.25, 0.3) is 0 Å². The van der Waals surface area contributed by atoms with Gasteiger partial charge in [-0.15, -0.1) is 0 Å². The van der Waals surface area contributed by atoms with E-state index >= 15 is 0 Å². The van der Waals surface area contributed by atoms with Crippen LogP contribution in [0.5, 0.6) is 0 Å². The van der Waals surface area contributed by atoms with Crippen LogP contribution >= 0.6 is 0 Å². The highest BCUT2D eigenvalue weighted by atomic mass is 16.3. The van der Waals surface area contributed by atoms with E-state index in [0.717, 1.165) is 24.2 Å². The lowest BCUT2D eigenvalue weighted by Gasteiger charge is -2.45. The number of aromatic nitrogens is 2. The molecule has 0 saturated carbocycles. The van der Waals surface area contributed by atoms with Gasteiger partial charge in [0.2, 0.25) is 5.91 Å². The van der Waals surface area contributed by atoms with Gasteiger partial charge in [0.15, 0.2) is 0 Å². The molecule has 1 saturated heterocycles. The van der Waals surface area contributed by atoms with Gasteiger partial charge in [0.1, 0.15) is 0 Å². The highest BCUT2D eigenvalue weighted by molar-refractivity contribution is 5.76. The summed E-state index contributed by atoms with van der Waals surface area (Å²) in [5.74, 6) is 0.0704. The number of piperidine rings is 1. The maximum Gasteiger partial charge on any atom is 0.224 e. The normalized spacial score (nSPS) is 24.4. The van der Waals surface area contributed by atoms with Gasteiger partial charge in [0.25, 0.3) is 0 Å². The van der Waals surface area contributed by atoms with Crippen molar-refractivity contribution in [3.8, 4) is 0 Å². The molecular formula is C18H31N3O3. The quantitative estimate of drug-likeness (QED) is 0.826. The standard InChI is InChI=1S/C18H31N3O3/c1-5-8-18(12-22)11-20(9-6-16(18)23)17(24)7-10-21-15(4)13(2)14(3)19-21/h16,22-23H,5-12H2,1-4H3/t16-,18-/m0/s1. The summed E-state index contributed by atoms with van der Waals surface area (Å²) in [6, 6.07) is 0. The highest BCUT2D eigenvalue weighted by Crippen LogP contribution is 2.34. The zero-order valence-electron chi connectivity index (χ0n) is 15.4. The molecule has 136 valence electrons. The molecule has 6 heteroatoms. The molecule has 0 aliphatic carbocycles. The Morgan fingerprint density at radius 1 is 1.38 bits per heavy atom. The fraction of sp³-hybridized carbons (Fsp3) is 0.778. The van der Waals surface area contributed by atoms with Crippen molar-refractivity contribution in [3.63, 3.8) is 0 Å². The van der Waals surface area contributed by atoms with Gasteiger partial charge in [-0.25, -0.2) is 0 Å². The molecule has 1 aliphatic rings. The average Bonchev–Trinajstić information content (AvgIpc) is 2.82. The SMILES string of the molecule is CCC[C@@]1(CO)CN(C(=O)CCn2nc(C)c(C)c2C)CC[C@@H]1O. The summed E-state index contributed by atoms with van der Waals surface area (Å²) in [5.41, 5.74) is 2.70. The zero-order chi connectivity index (χ0) is 17.9. The van der Waals surface area contributed by atoms with E-state index in [9.17, 15) is 15.0 Å². The van der Waals surface area contributed by atoms with Crippen LogP contribution in [0.4, 0.5) is 0 Å². The Bertz CT molecular complexity index is 584. The van der Waals surface area contributed by atoms with Gasteiger partial charge in [0, 0.05) is 37.2 Å². The number of aliphatic hydroxyl groups excluding tert-OH is 2. The maximum atomic E-state index is 12.6. The number of nitrogens with zero attached hydrogens (tertiary/aromatic N) is 3. The zero-order valence-corrected chi connectivity index (χ0v) is 15.4. The minimum atomic E-state index is -0.572. The van der Waals surface area contributed by atoms with Crippen LogP contribution in [0.1, 0.15) is 49.6 Å². The second-order valence-electron chi connectivity index (χ2n) is 7.16. The predicted molar refractivity (Wildman–Crippen MR) is 92.7 cm³/mol. The minimum Gasteiger partial charge on any atom is -0.396 e. The Hall–Kier alpha value is -1.40. The van der Waals surface area contributed by atoms with Gasteiger partial charge < -0.3 is 15.1 Å². The van der Waals surface area contributed by atoms with Crippen molar-refractivity contribution in [2.75, 3.05) is 19.7 Å². The van der Waals surface area contributed by atoms with Gasteiger partial charge in [-0.1, -0.05) is 13.3 Å². The smallest absolute Gasteiger partial charge is 0.224 e. The van der Waals surface area contributed by atoms with Crippen LogP contribution < -0.4 is 0 Å². The van der Waals surface area contributed by atoms with Crippen molar-refractivity contribution in [1.82, 2.24) is 14.7 Å². The summed E-state index contributed by atoms with van der Waals surface area (Å²) in [7, 11) is 0. The third-order valence-corrected chi connectivity index (χ3v) is 5.58. The van der Waals surface area contributed by atoms with Crippen molar-refractivity contribution in [3.05, 3.63) is 17.0 Å². The number of carbonyl (C=O) groups is 1. The highest BCUT2D eigenvalue weighted by Gasteiger charge is 2.42.